The Morgan fingerprint density at radius 2 is 1.81 bits per heavy atom. The van der Waals surface area contributed by atoms with Crippen molar-refractivity contribution in [2.75, 3.05) is 20.1 Å². The maximum Gasteiger partial charge on any atom is 0.263 e. The first-order chi connectivity index (χ1) is 15.2. The number of hydrogen-bond acceptors (Lipinski definition) is 3. The molecule has 0 spiro atoms. The van der Waals surface area contributed by atoms with Gasteiger partial charge in [-0.3, -0.25) is 9.59 Å². The van der Waals surface area contributed by atoms with E-state index in [1.54, 1.807) is 18.9 Å². The predicted octanol–water partition coefficient (Wildman–Crippen LogP) is 4.76. The van der Waals surface area contributed by atoms with Crippen LogP contribution in [0.1, 0.15) is 62.4 Å². The highest BCUT2D eigenvalue weighted by atomic mass is 16.5. The van der Waals surface area contributed by atoms with E-state index in [0.717, 1.165) is 17.5 Å². The molecule has 0 radical (unpaired) electrons. The van der Waals surface area contributed by atoms with Crippen LogP contribution in [0.3, 0.4) is 0 Å². The smallest absolute Gasteiger partial charge is 0.263 e. The van der Waals surface area contributed by atoms with Crippen LogP contribution in [0, 0.1) is 12.8 Å². The largest absolute Gasteiger partial charge is 0.481 e. The van der Waals surface area contributed by atoms with Gasteiger partial charge < -0.3 is 14.5 Å². The Bertz CT molecular complexity index is 952. The van der Waals surface area contributed by atoms with E-state index in [1.165, 1.54) is 11.1 Å². The van der Waals surface area contributed by atoms with Gasteiger partial charge in [-0.05, 0) is 61.9 Å². The van der Waals surface area contributed by atoms with Crippen molar-refractivity contribution >= 4 is 11.8 Å². The first-order valence-electron chi connectivity index (χ1n) is 11.6. The van der Waals surface area contributed by atoms with Crippen molar-refractivity contribution in [3.05, 3.63) is 64.7 Å². The molecule has 0 saturated heterocycles. The standard InChI is InChI=1S/C27H36N2O3/c1-7-28(6)27(31)20(5)32-23-13-12-21-14-15-29(25(30)16-18(2)3)26(24(21)17-23)22-10-8-19(4)9-11-22/h8-13,17-18,20,26H,7,14-16H2,1-6H3. The molecule has 1 heterocycles. The van der Waals surface area contributed by atoms with Gasteiger partial charge in [0, 0.05) is 26.6 Å². The molecule has 0 fully saturated rings. The minimum Gasteiger partial charge on any atom is -0.481 e. The van der Waals surface area contributed by atoms with Gasteiger partial charge in [0.1, 0.15) is 5.75 Å². The molecule has 0 aromatic heterocycles. The van der Waals surface area contributed by atoms with Crippen LogP contribution < -0.4 is 4.74 Å². The summed E-state index contributed by atoms with van der Waals surface area (Å²) in [6.45, 7) is 11.3. The molecule has 2 atom stereocenters. The minimum absolute atomic E-state index is 0.0472. The molecule has 2 aromatic carbocycles. The number of rotatable bonds is 7. The van der Waals surface area contributed by atoms with Crippen LogP contribution in [0.4, 0.5) is 0 Å². The van der Waals surface area contributed by atoms with Gasteiger partial charge in [-0.15, -0.1) is 0 Å². The molecular formula is C27H36N2O3. The molecule has 5 nitrogen and oxygen atoms in total. The van der Waals surface area contributed by atoms with Gasteiger partial charge >= 0.3 is 0 Å². The number of ether oxygens (including phenoxy) is 1. The number of aryl methyl sites for hydroxylation is 1. The van der Waals surface area contributed by atoms with Gasteiger partial charge in [0.25, 0.3) is 5.91 Å². The van der Waals surface area contributed by atoms with Crippen molar-refractivity contribution in [3.8, 4) is 5.75 Å². The molecule has 0 bridgehead atoms. The second-order valence-corrected chi connectivity index (χ2v) is 9.22. The first kappa shape index (κ1) is 23.8. The van der Waals surface area contributed by atoms with Crippen LogP contribution in [-0.2, 0) is 16.0 Å². The molecule has 0 saturated carbocycles. The zero-order valence-corrected chi connectivity index (χ0v) is 20.2. The number of benzene rings is 2. The summed E-state index contributed by atoms with van der Waals surface area (Å²) in [7, 11) is 1.78. The third kappa shape index (κ3) is 5.32. The number of fused-ring (bicyclic) bond motifs is 1. The van der Waals surface area contributed by atoms with Crippen LogP contribution >= 0.6 is 0 Å². The molecule has 0 N–H and O–H groups in total. The van der Waals surface area contributed by atoms with Crippen LogP contribution in [0.15, 0.2) is 42.5 Å². The fourth-order valence-corrected chi connectivity index (χ4v) is 4.23. The lowest BCUT2D eigenvalue weighted by Crippen LogP contribution is -2.41. The Kier molecular flexibility index (Phi) is 7.60. The third-order valence-electron chi connectivity index (χ3n) is 6.15. The second-order valence-electron chi connectivity index (χ2n) is 9.22. The maximum absolute atomic E-state index is 13.2. The molecule has 172 valence electrons. The van der Waals surface area contributed by atoms with E-state index < -0.39 is 6.10 Å². The molecule has 2 unspecified atom stereocenters. The van der Waals surface area contributed by atoms with E-state index >= 15 is 0 Å². The van der Waals surface area contributed by atoms with Crippen molar-refractivity contribution in [2.24, 2.45) is 5.92 Å². The molecule has 32 heavy (non-hydrogen) atoms. The summed E-state index contributed by atoms with van der Waals surface area (Å²) in [5.41, 5.74) is 4.59. The summed E-state index contributed by atoms with van der Waals surface area (Å²) in [6.07, 6.45) is 0.774. The number of carbonyl (C=O) groups excluding carboxylic acids is 2. The number of amides is 2. The highest BCUT2D eigenvalue weighted by molar-refractivity contribution is 5.80. The Hall–Kier alpha value is -2.82. The molecule has 1 aliphatic heterocycles. The monoisotopic (exact) mass is 436 g/mol. The lowest BCUT2D eigenvalue weighted by atomic mass is 9.87. The minimum atomic E-state index is -0.571. The Labute approximate surface area is 192 Å². The number of likely N-dealkylation sites (N-methyl/N-ethyl adjacent to an activating group) is 1. The van der Waals surface area contributed by atoms with Gasteiger partial charge in [0.2, 0.25) is 5.91 Å². The SMILES string of the molecule is CCN(C)C(=O)C(C)Oc1ccc2c(c1)C(c1ccc(C)cc1)N(C(=O)CC(C)C)CC2. The molecule has 3 rings (SSSR count). The Morgan fingerprint density at radius 1 is 1.12 bits per heavy atom. The summed E-state index contributed by atoms with van der Waals surface area (Å²) in [4.78, 5) is 29.3. The topological polar surface area (TPSA) is 49.9 Å². The van der Waals surface area contributed by atoms with Crippen molar-refractivity contribution < 1.29 is 14.3 Å². The van der Waals surface area contributed by atoms with Crippen LogP contribution in [-0.4, -0.2) is 47.9 Å². The van der Waals surface area contributed by atoms with Crippen LogP contribution in [0.25, 0.3) is 0 Å². The van der Waals surface area contributed by atoms with E-state index in [0.29, 0.717) is 31.2 Å². The van der Waals surface area contributed by atoms with E-state index in [-0.39, 0.29) is 17.9 Å². The summed E-state index contributed by atoms with van der Waals surface area (Å²) in [5, 5.41) is 0. The van der Waals surface area contributed by atoms with E-state index in [1.807, 2.05) is 24.0 Å². The Morgan fingerprint density at radius 3 is 2.44 bits per heavy atom. The van der Waals surface area contributed by atoms with E-state index in [9.17, 15) is 9.59 Å². The summed E-state index contributed by atoms with van der Waals surface area (Å²) in [5.74, 6) is 1.09. The summed E-state index contributed by atoms with van der Waals surface area (Å²) >= 11 is 0. The van der Waals surface area contributed by atoms with Gasteiger partial charge in [0.15, 0.2) is 6.10 Å². The quantitative estimate of drug-likeness (QED) is 0.629. The lowest BCUT2D eigenvalue weighted by molar-refractivity contribution is -0.136. The maximum atomic E-state index is 13.2. The van der Waals surface area contributed by atoms with Gasteiger partial charge in [0.05, 0.1) is 6.04 Å². The van der Waals surface area contributed by atoms with E-state index in [2.05, 4.69) is 51.1 Å². The summed E-state index contributed by atoms with van der Waals surface area (Å²) < 4.78 is 6.03. The number of nitrogens with zero attached hydrogens (tertiary/aromatic N) is 2. The zero-order chi connectivity index (χ0) is 23.4. The van der Waals surface area contributed by atoms with Gasteiger partial charge in [-0.25, -0.2) is 0 Å². The highest BCUT2D eigenvalue weighted by Gasteiger charge is 2.32. The molecular weight excluding hydrogens is 400 g/mol. The first-order valence-corrected chi connectivity index (χ1v) is 11.6. The fraction of sp³-hybridized carbons (Fsp3) is 0.481. The van der Waals surface area contributed by atoms with Crippen LogP contribution in [0.2, 0.25) is 0 Å². The fourth-order valence-electron chi connectivity index (χ4n) is 4.23. The van der Waals surface area contributed by atoms with Crippen molar-refractivity contribution in [3.63, 3.8) is 0 Å². The average molecular weight is 437 g/mol. The Balaban J connectivity index is 1.98. The lowest BCUT2D eigenvalue weighted by Gasteiger charge is -2.38. The third-order valence-corrected chi connectivity index (χ3v) is 6.15. The second kappa shape index (κ2) is 10.2. The molecule has 1 aliphatic rings. The normalized spacial score (nSPS) is 16.5. The van der Waals surface area contributed by atoms with Crippen molar-refractivity contribution in [1.29, 1.82) is 0 Å². The summed E-state index contributed by atoms with van der Waals surface area (Å²) in [6, 6.07) is 14.3. The number of carbonyl (C=O) groups is 2. The highest BCUT2D eigenvalue weighted by Crippen LogP contribution is 2.38. The van der Waals surface area contributed by atoms with Crippen LogP contribution in [0.5, 0.6) is 5.75 Å². The zero-order valence-electron chi connectivity index (χ0n) is 20.2. The van der Waals surface area contributed by atoms with Crippen molar-refractivity contribution in [1.82, 2.24) is 9.80 Å². The number of hydrogen-bond donors (Lipinski definition) is 0. The molecule has 0 aliphatic carbocycles. The van der Waals surface area contributed by atoms with Gasteiger partial charge in [-0.1, -0.05) is 49.7 Å². The average Bonchev–Trinajstić information content (AvgIpc) is 2.77. The molecule has 2 aromatic rings. The van der Waals surface area contributed by atoms with Gasteiger partial charge in [-0.2, -0.15) is 0 Å². The molecule has 2 amide bonds. The molecule has 5 heteroatoms. The predicted molar refractivity (Wildman–Crippen MR) is 128 cm³/mol. The van der Waals surface area contributed by atoms with E-state index in [4.69, 9.17) is 4.74 Å². The van der Waals surface area contributed by atoms with Crippen molar-refractivity contribution in [2.45, 2.75) is 59.6 Å².